The topological polar surface area (TPSA) is 62.3 Å². The molecular formula is C13H18ClN3O2. The van der Waals surface area contributed by atoms with Crippen molar-refractivity contribution in [1.29, 1.82) is 0 Å². The van der Waals surface area contributed by atoms with Gasteiger partial charge in [-0.15, -0.1) is 0 Å². The first-order valence-electron chi connectivity index (χ1n) is 5.88. The van der Waals surface area contributed by atoms with Gasteiger partial charge in [-0.2, -0.15) is 0 Å². The van der Waals surface area contributed by atoms with Crippen molar-refractivity contribution in [3.05, 3.63) is 29.0 Å². The Hall–Kier alpha value is -1.62. The number of hydrogen-bond donors (Lipinski definition) is 1. The quantitative estimate of drug-likeness (QED) is 0.859. The third-order valence-corrected chi connectivity index (χ3v) is 2.39. The number of nitrogens with one attached hydrogen (secondary N) is 1. The van der Waals surface area contributed by atoms with E-state index in [1.165, 1.54) is 4.90 Å². The van der Waals surface area contributed by atoms with Gasteiger partial charge in [0, 0.05) is 12.6 Å². The molecule has 0 fully saturated rings. The molecule has 0 radical (unpaired) electrons. The summed E-state index contributed by atoms with van der Waals surface area (Å²) < 4.78 is 0. The van der Waals surface area contributed by atoms with Crippen molar-refractivity contribution in [3.63, 3.8) is 0 Å². The fourth-order valence-electron chi connectivity index (χ4n) is 1.47. The number of likely N-dealkylation sites (N-methyl/N-ethyl adjacent to an activating group) is 1. The Kier molecular flexibility index (Phi) is 4.89. The van der Waals surface area contributed by atoms with E-state index in [2.05, 4.69) is 10.3 Å². The second kappa shape index (κ2) is 6.02. The lowest BCUT2D eigenvalue weighted by atomic mass is 10.1. The maximum atomic E-state index is 12.0. The Morgan fingerprint density at radius 1 is 1.37 bits per heavy atom. The van der Waals surface area contributed by atoms with Gasteiger partial charge in [0.05, 0.1) is 6.54 Å². The summed E-state index contributed by atoms with van der Waals surface area (Å²) in [7, 11) is 1.55. The molecule has 0 aromatic carbocycles. The first-order valence-corrected chi connectivity index (χ1v) is 6.26. The van der Waals surface area contributed by atoms with E-state index in [9.17, 15) is 9.59 Å². The highest BCUT2D eigenvalue weighted by Gasteiger charge is 2.19. The minimum Gasteiger partial charge on any atom is -0.350 e. The monoisotopic (exact) mass is 283 g/mol. The maximum Gasteiger partial charge on any atom is 0.272 e. The molecule has 1 rings (SSSR count). The normalized spacial score (nSPS) is 11.0. The van der Waals surface area contributed by atoms with Gasteiger partial charge in [-0.3, -0.25) is 9.59 Å². The summed E-state index contributed by atoms with van der Waals surface area (Å²) in [4.78, 5) is 29.0. The molecule has 1 N–H and O–H groups in total. The summed E-state index contributed by atoms with van der Waals surface area (Å²) in [6.45, 7) is 5.62. The minimum absolute atomic E-state index is 0.0235. The molecule has 2 amide bonds. The van der Waals surface area contributed by atoms with Crippen molar-refractivity contribution in [2.75, 3.05) is 13.6 Å². The molecule has 0 aliphatic rings. The van der Waals surface area contributed by atoms with E-state index in [-0.39, 0.29) is 34.7 Å². The van der Waals surface area contributed by atoms with Crippen LogP contribution < -0.4 is 5.32 Å². The van der Waals surface area contributed by atoms with Gasteiger partial charge in [0.1, 0.15) is 10.8 Å². The third kappa shape index (κ3) is 5.26. The van der Waals surface area contributed by atoms with Crippen molar-refractivity contribution >= 4 is 23.4 Å². The number of carbonyl (C=O) groups is 2. The molecule has 1 aromatic rings. The van der Waals surface area contributed by atoms with E-state index < -0.39 is 0 Å². The number of halogens is 1. The van der Waals surface area contributed by atoms with Crippen LogP contribution in [0.2, 0.25) is 5.15 Å². The average molecular weight is 284 g/mol. The summed E-state index contributed by atoms with van der Waals surface area (Å²) >= 11 is 5.73. The minimum atomic E-state index is -0.341. The van der Waals surface area contributed by atoms with Gasteiger partial charge in [0.25, 0.3) is 5.91 Å². The second-order valence-corrected chi connectivity index (χ2v) is 5.69. The van der Waals surface area contributed by atoms with Crippen LogP contribution in [0.3, 0.4) is 0 Å². The summed E-state index contributed by atoms with van der Waals surface area (Å²) in [6.07, 6.45) is 0. The Morgan fingerprint density at radius 3 is 2.53 bits per heavy atom. The highest BCUT2D eigenvalue weighted by Crippen LogP contribution is 2.07. The van der Waals surface area contributed by atoms with Crippen molar-refractivity contribution in [1.82, 2.24) is 15.2 Å². The standard InChI is InChI=1S/C13H18ClN3O2/c1-13(2,3)16-11(18)8-17(4)12(19)9-6-5-7-10(14)15-9/h5-7H,8H2,1-4H3,(H,16,18). The lowest BCUT2D eigenvalue weighted by Gasteiger charge is -2.23. The van der Waals surface area contributed by atoms with Crippen LogP contribution in [0, 0.1) is 0 Å². The summed E-state index contributed by atoms with van der Waals surface area (Å²) in [5.74, 6) is -0.558. The van der Waals surface area contributed by atoms with Gasteiger partial charge < -0.3 is 10.2 Å². The van der Waals surface area contributed by atoms with E-state index in [4.69, 9.17) is 11.6 Å². The average Bonchev–Trinajstić information content (AvgIpc) is 2.25. The van der Waals surface area contributed by atoms with Crippen LogP contribution in [0.5, 0.6) is 0 Å². The smallest absolute Gasteiger partial charge is 0.272 e. The van der Waals surface area contributed by atoms with Crippen LogP contribution in [-0.2, 0) is 4.79 Å². The number of rotatable bonds is 3. The summed E-state index contributed by atoms with van der Waals surface area (Å²) in [5, 5.41) is 3.04. The molecule has 6 heteroatoms. The van der Waals surface area contributed by atoms with Crippen molar-refractivity contribution < 1.29 is 9.59 Å². The molecule has 5 nitrogen and oxygen atoms in total. The maximum absolute atomic E-state index is 12.0. The SMILES string of the molecule is CN(CC(=O)NC(C)(C)C)C(=O)c1cccc(Cl)n1. The van der Waals surface area contributed by atoms with Crippen LogP contribution in [0.15, 0.2) is 18.2 Å². The molecule has 1 aromatic heterocycles. The van der Waals surface area contributed by atoms with Crippen LogP contribution in [0.25, 0.3) is 0 Å². The van der Waals surface area contributed by atoms with E-state index in [0.29, 0.717) is 0 Å². The molecule has 0 aliphatic carbocycles. The third-order valence-electron chi connectivity index (χ3n) is 2.18. The van der Waals surface area contributed by atoms with Crippen LogP contribution in [0.4, 0.5) is 0 Å². The number of hydrogen-bond acceptors (Lipinski definition) is 3. The van der Waals surface area contributed by atoms with E-state index in [0.717, 1.165) is 0 Å². The first-order chi connectivity index (χ1) is 8.69. The molecule has 0 spiro atoms. The zero-order chi connectivity index (χ0) is 14.6. The number of pyridine rings is 1. The number of aromatic nitrogens is 1. The molecular weight excluding hydrogens is 266 g/mol. The van der Waals surface area contributed by atoms with Crippen molar-refractivity contribution in [2.45, 2.75) is 26.3 Å². The van der Waals surface area contributed by atoms with E-state index in [1.807, 2.05) is 20.8 Å². The highest BCUT2D eigenvalue weighted by molar-refractivity contribution is 6.29. The molecule has 0 bridgehead atoms. The van der Waals surface area contributed by atoms with Gasteiger partial charge in [0.15, 0.2) is 0 Å². The lowest BCUT2D eigenvalue weighted by molar-refractivity contribution is -0.122. The van der Waals surface area contributed by atoms with Gasteiger partial charge in [0.2, 0.25) is 5.91 Å². The Balaban J connectivity index is 2.66. The predicted molar refractivity (Wildman–Crippen MR) is 74.1 cm³/mol. The van der Waals surface area contributed by atoms with Crippen LogP contribution >= 0.6 is 11.6 Å². The fourth-order valence-corrected chi connectivity index (χ4v) is 1.63. The molecule has 104 valence electrons. The van der Waals surface area contributed by atoms with Gasteiger partial charge in [-0.1, -0.05) is 17.7 Å². The van der Waals surface area contributed by atoms with Crippen molar-refractivity contribution in [2.24, 2.45) is 0 Å². The number of nitrogens with zero attached hydrogens (tertiary/aromatic N) is 2. The summed E-state index contributed by atoms with van der Waals surface area (Å²) in [5.41, 5.74) is -0.103. The first kappa shape index (κ1) is 15.4. The highest BCUT2D eigenvalue weighted by atomic mass is 35.5. The van der Waals surface area contributed by atoms with Crippen LogP contribution in [0.1, 0.15) is 31.3 Å². The zero-order valence-electron chi connectivity index (χ0n) is 11.5. The van der Waals surface area contributed by atoms with Crippen LogP contribution in [-0.4, -0.2) is 40.8 Å². The Labute approximate surface area is 118 Å². The van der Waals surface area contributed by atoms with Gasteiger partial charge in [-0.05, 0) is 32.9 Å². The van der Waals surface area contributed by atoms with Crippen molar-refractivity contribution in [3.8, 4) is 0 Å². The van der Waals surface area contributed by atoms with Gasteiger partial charge in [-0.25, -0.2) is 4.98 Å². The second-order valence-electron chi connectivity index (χ2n) is 5.30. The number of carbonyl (C=O) groups excluding carboxylic acids is 2. The Bertz CT molecular complexity index is 483. The van der Waals surface area contributed by atoms with Gasteiger partial charge >= 0.3 is 0 Å². The molecule has 0 saturated carbocycles. The van der Waals surface area contributed by atoms with E-state index >= 15 is 0 Å². The number of amides is 2. The molecule has 0 aliphatic heterocycles. The zero-order valence-corrected chi connectivity index (χ0v) is 12.3. The van der Waals surface area contributed by atoms with E-state index in [1.54, 1.807) is 25.2 Å². The predicted octanol–water partition coefficient (Wildman–Crippen LogP) is 1.72. The molecule has 19 heavy (non-hydrogen) atoms. The Morgan fingerprint density at radius 2 is 2.00 bits per heavy atom. The molecule has 0 saturated heterocycles. The molecule has 0 atom stereocenters. The largest absolute Gasteiger partial charge is 0.350 e. The lowest BCUT2D eigenvalue weighted by Crippen LogP contribution is -2.46. The molecule has 1 heterocycles. The fraction of sp³-hybridized carbons (Fsp3) is 0.462. The molecule has 0 unspecified atom stereocenters. The summed E-state index contributed by atoms with van der Waals surface area (Å²) in [6, 6.07) is 4.79.